The molecule has 0 spiro atoms. The van der Waals surface area contributed by atoms with Crippen molar-refractivity contribution in [3.63, 3.8) is 0 Å². The predicted octanol–water partition coefficient (Wildman–Crippen LogP) is 3.77. The summed E-state index contributed by atoms with van der Waals surface area (Å²) in [6, 6.07) is 8.46. The summed E-state index contributed by atoms with van der Waals surface area (Å²) in [4.78, 5) is 20.2. The second-order valence-corrected chi connectivity index (χ2v) is 5.54. The number of aromatic nitrogens is 2. The molecule has 0 aliphatic carbocycles. The van der Waals surface area contributed by atoms with Crippen LogP contribution < -0.4 is 20.1 Å². The van der Waals surface area contributed by atoms with Gasteiger partial charge in [-0.2, -0.15) is 0 Å². The van der Waals surface area contributed by atoms with E-state index in [0.29, 0.717) is 17.2 Å². The van der Waals surface area contributed by atoms with Crippen molar-refractivity contribution in [2.75, 3.05) is 24.9 Å². The topological polar surface area (TPSA) is 85.4 Å². The number of amides is 1. The van der Waals surface area contributed by atoms with Gasteiger partial charge in [0.05, 0.1) is 19.8 Å². The van der Waals surface area contributed by atoms with Gasteiger partial charge >= 0.3 is 0 Å². The van der Waals surface area contributed by atoms with Crippen LogP contribution >= 0.6 is 0 Å². The van der Waals surface area contributed by atoms with Gasteiger partial charge in [-0.25, -0.2) is 18.7 Å². The summed E-state index contributed by atoms with van der Waals surface area (Å²) >= 11 is 0. The number of nitrogens with one attached hydrogen (secondary N) is 2. The molecular weight excluding hydrogens is 370 g/mol. The molecule has 1 amide bonds. The summed E-state index contributed by atoms with van der Waals surface area (Å²) in [5.41, 5.74) is 0.156. The third-order valence-corrected chi connectivity index (χ3v) is 3.76. The Balaban J connectivity index is 1.72. The first-order valence-electron chi connectivity index (χ1n) is 8.08. The van der Waals surface area contributed by atoms with Gasteiger partial charge in [-0.3, -0.25) is 4.79 Å². The minimum Gasteiger partial charge on any atom is -0.493 e. The van der Waals surface area contributed by atoms with Crippen LogP contribution in [-0.2, 0) is 0 Å². The van der Waals surface area contributed by atoms with Gasteiger partial charge in [0.15, 0.2) is 11.5 Å². The molecule has 2 N–H and O–H groups in total. The number of benzene rings is 2. The first-order chi connectivity index (χ1) is 13.5. The molecule has 28 heavy (non-hydrogen) atoms. The van der Waals surface area contributed by atoms with E-state index in [9.17, 15) is 13.6 Å². The molecule has 0 bridgehead atoms. The average Bonchev–Trinajstić information content (AvgIpc) is 2.71. The summed E-state index contributed by atoms with van der Waals surface area (Å²) in [5, 5.41) is 5.13. The Bertz CT molecular complexity index is 977. The molecular formula is C19H16F2N4O3. The lowest BCUT2D eigenvalue weighted by atomic mass is 10.2. The monoisotopic (exact) mass is 386 g/mol. The van der Waals surface area contributed by atoms with Crippen LogP contribution in [0, 0.1) is 11.6 Å². The van der Waals surface area contributed by atoms with Crippen LogP contribution in [-0.4, -0.2) is 30.1 Å². The van der Waals surface area contributed by atoms with Crippen molar-refractivity contribution in [2.45, 2.75) is 0 Å². The van der Waals surface area contributed by atoms with E-state index in [-0.39, 0.29) is 11.5 Å². The average molecular weight is 386 g/mol. The first kappa shape index (κ1) is 19.0. The number of nitrogens with zero attached hydrogens (tertiary/aromatic N) is 2. The van der Waals surface area contributed by atoms with E-state index in [2.05, 4.69) is 20.6 Å². The summed E-state index contributed by atoms with van der Waals surface area (Å²) in [5.74, 6) is -1.17. The molecule has 0 fully saturated rings. The number of anilines is 3. The molecule has 144 valence electrons. The van der Waals surface area contributed by atoms with Crippen molar-refractivity contribution in [2.24, 2.45) is 0 Å². The fraction of sp³-hybridized carbons (Fsp3) is 0.105. The minimum absolute atomic E-state index is 0.0421. The van der Waals surface area contributed by atoms with Crippen molar-refractivity contribution in [3.05, 3.63) is 66.0 Å². The Kier molecular flexibility index (Phi) is 5.64. The van der Waals surface area contributed by atoms with Gasteiger partial charge in [0.1, 0.15) is 17.3 Å². The second-order valence-electron chi connectivity index (χ2n) is 5.54. The first-order valence-corrected chi connectivity index (χ1v) is 8.08. The molecule has 2 aromatic carbocycles. The molecule has 9 heteroatoms. The molecule has 3 aromatic rings. The van der Waals surface area contributed by atoms with Gasteiger partial charge in [0.2, 0.25) is 5.95 Å². The van der Waals surface area contributed by atoms with Gasteiger partial charge in [-0.15, -0.1) is 0 Å². The third kappa shape index (κ3) is 4.14. The Morgan fingerprint density at radius 1 is 0.964 bits per heavy atom. The SMILES string of the molecule is COc1ccc(Nc2ncc(C(=O)Nc3c(F)cccc3F)cn2)cc1OC. The molecule has 0 radical (unpaired) electrons. The van der Waals surface area contributed by atoms with E-state index < -0.39 is 23.2 Å². The molecule has 7 nitrogen and oxygen atoms in total. The number of hydrogen-bond donors (Lipinski definition) is 2. The Hall–Kier alpha value is -3.75. The number of carbonyl (C=O) groups is 1. The summed E-state index contributed by atoms with van der Waals surface area (Å²) in [6.07, 6.45) is 2.48. The van der Waals surface area contributed by atoms with Crippen molar-refractivity contribution in [3.8, 4) is 11.5 Å². The van der Waals surface area contributed by atoms with Crippen LogP contribution in [0.25, 0.3) is 0 Å². The van der Waals surface area contributed by atoms with Crippen LogP contribution in [0.5, 0.6) is 11.5 Å². The quantitative estimate of drug-likeness (QED) is 0.671. The number of hydrogen-bond acceptors (Lipinski definition) is 6. The van der Waals surface area contributed by atoms with Gasteiger partial charge in [0.25, 0.3) is 5.91 Å². The zero-order chi connectivity index (χ0) is 20.1. The van der Waals surface area contributed by atoms with Crippen molar-refractivity contribution in [1.82, 2.24) is 9.97 Å². The van der Waals surface area contributed by atoms with E-state index in [1.165, 1.54) is 32.7 Å². The Morgan fingerprint density at radius 2 is 1.61 bits per heavy atom. The molecule has 1 heterocycles. The molecule has 0 atom stereocenters. The van der Waals surface area contributed by atoms with E-state index in [4.69, 9.17) is 9.47 Å². The van der Waals surface area contributed by atoms with Crippen LogP contribution in [0.15, 0.2) is 48.8 Å². The van der Waals surface area contributed by atoms with Crippen LogP contribution in [0.3, 0.4) is 0 Å². The highest BCUT2D eigenvalue weighted by Gasteiger charge is 2.14. The van der Waals surface area contributed by atoms with Crippen molar-refractivity contribution < 1.29 is 23.0 Å². The number of rotatable bonds is 6. The molecule has 0 aliphatic rings. The van der Waals surface area contributed by atoms with Crippen LogP contribution in [0.1, 0.15) is 10.4 Å². The van der Waals surface area contributed by atoms with Crippen molar-refractivity contribution in [1.29, 1.82) is 0 Å². The highest BCUT2D eigenvalue weighted by molar-refractivity contribution is 6.04. The number of carbonyl (C=O) groups excluding carboxylic acids is 1. The Labute approximate surface area is 159 Å². The lowest BCUT2D eigenvalue weighted by Gasteiger charge is -2.11. The summed E-state index contributed by atoms with van der Waals surface area (Å²) in [7, 11) is 3.05. The van der Waals surface area contributed by atoms with E-state index in [0.717, 1.165) is 12.1 Å². The molecule has 1 aromatic heterocycles. The van der Waals surface area contributed by atoms with E-state index in [1.807, 2.05) is 0 Å². The molecule has 0 saturated heterocycles. The largest absolute Gasteiger partial charge is 0.493 e. The zero-order valence-corrected chi connectivity index (χ0v) is 15.0. The molecule has 0 aliphatic heterocycles. The van der Waals surface area contributed by atoms with Gasteiger partial charge < -0.3 is 20.1 Å². The number of halogens is 2. The highest BCUT2D eigenvalue weighted by Crippen LogP contribution is 2.30. The summed E-state index contributed by atoms with van der Waals surface area (Å²) < 4.78 is 37.7. The van der Waals surface area contributed by atoms with Crippen molar-refractivity contribution >= 4 is 23.2 Å². The fourth-order valence-electron chi connectivity index (χ4n) is 2.36. The lowest BCUT2D eigenvalue weighted by molar-refractivity contribution is 0.102. The molecule has 0 unspecified atom stereocenters. The standard InChI is InChI=1S/C19H16F2N4O3/c1-27-15-7-6-12(8-16(15)28-2)24-19-22-9-11(10-23-19)18(26)25-17-13(20)4-3-5-14(17)21/h3-10H,1-2H3,(H,25,26)(H,22,23,24). The Morgan fingerprint density at radius 3 is 2.21 bits per heavy atom. The zero-order valence-electron chi connectivity index (χ0n) is 15.0. The normalized spacial score (nSPS) is 10.3. The second kappa shape index (κ2) is 8.30. The lowest BCUT2D eigenvalue weighted by Crippen LogP contribution is -2.15. The maximum absolute atomic E-state index is 13.6. The molecule has 0 saturated carbocycles. The van der Waals surface area contributed by atoms with Gasteiger partial charge in [-0.1, -0.05) is 6.07 Å². The van der Waals surface area contributed by atoms with E-state index >= 15 is 0 Å². The maximum Gasteiger partial charge on any atom is 0.258 e. The number of ether oxygens (including phenoxy) is 2. The maximum atomic E-state index is 13.6. The minimum atomic E-state index is -0.874. The van der Waals surface area contributed by atoms with Gasteiger partial charge in [0, 0.05) is 24.1 Å². The smallest absolute Gasteiger partial charge is 0.258 e. The highest BCUT2D eigenvalue weighted by atomic mass is 19.1. The predicted molar refractivity (Wildman–Crippen MR) is 99.2 cm³/mol. The van der Waals surface area contributed by atoms with Crippen LogP contribution in [0.4, 0.5) is 26.1 Å². The number of methoxy groups -OCH3 is 2. The van der Waals surface area contributed by atoms with E-state index in [1.54, 1.807) is 18.2 Å². The van der Waals surface area contributed by atoms with Gasteiger partial charge in [-0.05, 0) is 24.3 Å². The molecule has 3 rings (SSSR count). The number of para-hydroxylation sites is 1. The summed E-state index contributed by atoms with van der Waals surface area (Å²) in [6.45, 7) is 0. The third-order valence-electron chi connectivity index (χ3n) is 3.76. The van der Waals surface area contributed by atoms with Crippen LogP contribution in [0.2, 0.25) is 0 Å². The fourth-order valence-corrected chi connectivity index (χ4v) is 2.36.